The average Bonchev–Trinajstić information content (AvgIpc) is 2.25. The summed E-state index contributed by atoms with van der Waals surface area (Å²) in [6.07, 6.45) is 2.89. The van der Waals surface area contributed by atoms with Gasteiger partial charge in [0, 0.05) is 19.5 Å². The topological polar surface area (TPSA) is 33.2 Å². The van der Waals surface area contributed by atoms with Crippen LogP contribution in [0.25, 0.3) is 0 Å². The van der Waals surface area contributed by atoms with Gasteiger partial charge in [0.25, 0.3) is 0 Å². The van der Waals surface area contributed by atoms with Gasteiger partial charge in [-0.2, -0.15) is 0 Å². The molecule has 0 radical (unpaired) electrons. The Morgan fingerprint density at radius 1 is 1.44 bits per heavy atom. The van der Waals surface area contributed by atoms with E-state index in [-0.39, 0.29) is 5.78 Å². The lowest BCUT2D eigenvalue weighted by molar-refractivity contribution is 0.101. The van der Waals surface area contributed by atoms with E-state index in [0.717, 1.165) is 18.7 Å². The van der Waals surface area contributed by atoms with Crippen molar-refractivity contribution in [3.63, 3.8) is 0 Å². The van der Waals surface area contributed by atoms with E-state index in [2.05, 4.69) is 30.7 Å². The lowest BCUT2D eigenvalue weighted by Gasteiger charge is -2.28. The summed E-state index contributed by atoms with van der Waals surface area (Å²) >= 11 is 0. The Labute approximate surface area is 97.5 Å². The Bertz CT molecular complexity index is 343. The molecule has 1 aromatic rings. The third-order valence-corrected chi connectivity index (χ3v) is 2.53. The fraction of sp³-hybridized carbons (Fsp3) is 0.538. The van der Waals surface area contributed by atoms with E-state index >= 15 is 0 Å². The second-order valence-electron chi connectivity index (χ2n) is 4.24. The third kappa shape index (κ3) is 3.05. The van der Waals surface area contributed by atoms with E-state index < -0.39 is 0 Å². The monoisotopic (exact) mass is 220 g/mol. The van der Waals surface area contributed by atoms with E-state index in [1.807, 2.05) is 6.07 Å². The predicted molar refractivity (Wildman–Crippen MR) is 67.0 cm³/mol. The number of pyridine rings is 1. The highest BCUT2D eigenvalue weighted by molar-refractivity contribution is 5.92. The molecule has 0 aromatic carbocycles. The molecule has 0 atom stereocenters. The van der Waals surface area contributed by atoms with Gasteiger partial charge < -0.3 is 4.90 Å². The number of aromatic nitrogens is 1. The minimum atomic E-state index is 0.0122. The molecule has 0 N–H and O–H groups in total. The number of carbonyl (C=O) groups excluding carboxylic acids is 1. The van der Waals surface area contributed by atoms with Gasteiger partial charge in [0.1, 0.15) is 5.69 Å². The van der Waals surface area contributed by atoms with E-state index in [0.29, 0.717) is 11.7 Å². The average molecular weight is 220 g/mol. The molecule has 0 aliphatic rings. The second-order valence-corrected chi connectivity index (χ2v) is 4.24. The van der Waals surface area contributed by atoms with Crippen LogP contribution >= 0.6 is 0 Å². The van der Waals surface area contributed by atoms with Crippen molar-refractivity contribution in [2.45, 2.75) is 40.2 Å². The summed E-state index contributed by atoms with van der Waals surface area (Å²) in [5, 5.41) is 0. The van der Waals surface area contributed by atoms with Crippen LogP contribution in [-0.2, 0) is 0 Å². The maximum atomic E-state index is 11.1. The smallest absolute Gasteiger partial charge is 0.178 e. The van der Waals surface area contributed by atoms with Crippen LogP contribution in [0.4, 0.5) is 5.69 Å². The maximum Gasteiger partial charge on any atom is 0.178 e. The molecule has 0 bridgehead atoms. The molecule has 0 saturated heterocycles. The Morgan fingerprint density at radius 2 is 2.12 bits per heavy atom. The van der Waals surface area contributed by atoms with Crippen molar-refractivity contribution in [3.05, 3.63) is 24.0 Å². The minimum absolute atomic E-state index is 0.0122. The van der Waals surface area contributed by atoms with Crippen LogP contribution in [0.1, 0.15) is 44.6 Å². The van der Waals surface area contributed by atoms with Crippen LogP contribution in [0.15, 0.2) is 18.3 Å². The number of ketones is 1. The van der Waals surface area contributed by atoms with E-state index in [1.54, 1.807) is 12.3 Å². The summed E-state index contributed by atoms with van der Waals surface area (Å²) in [4.78, 5) is 17.6. The Morgan fingerprint density at radius 3 is 2.50 bits per heavy atom. The number of rotatable bonds is 5. The van der Waals surface area contributed by atoms with Crippen molar-refractivity contribution < 1.29 is 4.79 Å². The summed E-state index contributed by atoms with van der Waals surface area (Å²) < 4.78 is 0. The molecular formula is C13H20N2O. The lowest BCUT2D eigenvalue weighted by Crippen LogP contribution is -2.31. The van der Waals surface area contributed by atoms with Crippen molar-refractivity contribution >= 4 is 11.5 Å². The molecule has 0 unspecified atom stereocenters. The van der Waals surface area contributed by atoms with Gasteiger partial charge in [-0.3, -0.25) is 9.78 Å². The number of carbonyl (C=O) groups is 1. The molecule has 3 heteroatoms. The van der Waals surface area contributed by atoms with Gasteiger partial charge in [-0.1, -0.05) is 6.92 Å². The number of hydrogen-bond acceptors (Lipinski definition) is 3. The zero-order valence-corrected chi connectivity index (χ0v) is 10.5. The van der Waals surface area contributed by atoms with E-state index in [4.69, 9.17) is 0 Å². The Kier molecular flexibility index (Phi) is 4.47. The molecule has 1 aromatic heterocycles. The van der Waals surface area contributed by atoms with Gasteiger partial charge in [0.15, 0.2) is 5.78 Å². The predicted octanol–water partition coefficient (Wildman–Crippen LogP) is 2.91. The molecule has 0 saturated carbocycles. The summed E-state index contributed by atoms with van der Waals surface area (Å²) in [5.74, 6) is 0.0122. The van der Waals surface area contributed by atoms with Crippen molar-refractivity contribution in [1.29, 1.82) is 0 Å². The molecule has 1 rings (SSSR count). The van der Waals surface area contributed by atoms with Gasteiger partial charge in [0.2, 0.25) is 0 Å². The SMILES string of the molecule is CCCN(c1ccc(C(C)=O)nc1)C(C)C. The number of anilines is 1. The highest BCUT2D eigenvalue weighted by Crippen LogP contribution is 2.16. The number of hydrogen-bond donors (Lipinski definition) is 0. The number of Topliss-reactive ketones (excluding diaryl/α,β-unsaturated/α-hetero) is 1. The fourth-order valence-corrected chi connectivity index (χ4v) is 1.69. The molecule has 3 nitrogen and oxygen atoms in total. The Balaban J connectivity index is 2.89. The van der Waals surface area contributed by atoms with Gasteiger partial charge >= 0.3 is 0 Å². The summed E-state index contributed by atoms with van der Waals surface area (Å²) in [5.41, 5.74) is 1.62. The molecule has 1 heterocycles. The molecule has 88 valence electrons. The standard InChI is InChI=1S/C13H20N2O/c1-5-8-15(10(2)3)12-6-7-13(11(4)16)14-9-12/h6-7,9-10H,5,8H2,1-4H3. The quantitative estimate of drug-likeness (QED) is 0.715. The van der Waals surface area contributed by atoms with E-state index in [9.17, 15) is 4.79 Å². The highest BCUT2D eigenvalue weighted by atomic mass is 16.1. The largest absolute Gasteiger partial charge is 0.368 e. The van der Waals surface area contributed by atoms with Gasteiger partial charge in [-0.05, 0) is 32.4 Å². The van der Waals surface area contributed by atoms with Crippen molar-refractivity contribution in [2.24, 2.45) is 0 Å². The molecule has 0 fully saturated rings. The van der Waals surface area contributed by atoms with Crippen LogP contribution in [0.5, 0.6) is 0 Å². The third-order valence-electron chi connectivity index (χ3n) is 2.53. The van der Waals surface area contributed by atoms with Crippen molar-refractivity contribution in [3.8, 4) is 0 Å². The van der Waals surface area contributed by atoms with E-state index in [1.165, 1.54) is 6.92 Å². The minimum Gasteiger partial charge on any atom is -0.368 e. The zero-order chi connectivity index (χ0) is 12.1. The lowest BCUT2D eigenvalue weighted by atomic mass is 10.2. The first-order valence-corrected chi connectivity index (χ1v) is 5.80. The molecule has 0 spiro atoms. The molecule has 16 heavy (non-hydrogen) atoms. The molecular weight excluding hydrogens is 200 g/mol. The summed E-state index contributed by atoms with van der Waals surface area (Å²) in [7, 11) is 0. The second kappa shape index (κ2) is 5.64. The zero-order valence-electron chi connectivity index (χ0n) is 10.5. The highest BCUT2D eigenvalue weighted by Gasteiger charge is 2.10. The molecule has 0 aliphatic heterocycles. The first kappa shape index (κ1) is 12.7. The first-order valence-electron chi connectivity index (χ1n) is 5.80. The van der Waals surface area contributed by atoms with Crippen LogP contribution in [0.2, 0.25) is 0 Å². The Hall–Kier alpha value is -1.38. The normalized spacial score (nSPS) is 10.6. The van der Waals surface area contributed by atoms with Crippen LogP contribution in [0.3, 0.4) is 0 Å². The van der Waals surface area contributed by atoms with Crippen molar-refractivity contribution in [1.82, 2.24) is 4.98 Å². The maximum absolute atomic E-state index is 11.1. The van der Waals surface area contributed by atoms with Gasteiger partial charge in [-0.25, -0.2) is 0 Å². The summed E-state index contributed by atoms with van der Waals surface area (Å²) in [6.45, 7) is 9.03. The number of nitrogens with zero attached hydrogens (tertiary/aromatic N) is 2. The van der Waals surface area contributed by atoms with Crippen LogP contribution < -0.4 is 4.90 Å². The van der Waals surface area contributed by atoms with Crippen LogP contribution in [0, 0.1) is 0 Å². The van der Waals surface area contributed by atoms with Gasteiger partial charge in [0.05, 0.1) is 11.9 Å². The van der Waals surface area contributed by atoms with Gasteiger partial charge in [-0.15, -0.1) is 0 Å². The summed E-state index contributed by atoms with van der Waals surface area (Å²) in [6, 6.07) is 4.21. The molecule has 0 aliphatic carbocycles. The van der Waals surface area contributed by atoms with Crippen molar-refractivity contribution in [2.75, 3.05) is 11.4 Å². The van der Waals surface area contributed by atoms with Crippen LogP contribution in [-0.4, -0.2) is 23.4 Å². The molecule has 0 amide bonds. The fourth-order valence-electron chi connectivity index (χ4n) is 1.69. The first-order chi connectivity index (χ1) is 7.56.